The molecular formula is C20H24ClN3O. The predicted molar refractivity (Wildman–Crippen MR) is 101 cm³/mol. The summed E-state index contributed by atoms with van der Waals surface area (Å²) in [6, 6.07) is 13.9. The van der Waals surface area contributed by atoms with Gasteiger partial charge in [-0.15, -0.1) is 0 Å². The molecule has 1 amide bonds. The monoisotopic (exact) mass is 357 g/mol. The number of amides is 1. The summed E-state index contributed by atoms with van der Waals surface area (Å²) in [6.07, 6.45) is 3.93. The summed E-state index contributed by atoms with van der Waals surface area (Å²) in [7, 11) is 0. The SMILES string of the molecule is CC1CCN(C(CNC(=O)c2ccc(Cl)nc2)c2ccccc2)CC1. The van der Waals surface area contributed by atoms with Gasteiger partial charge in [-0.1, -0.05) is 48.9 Å². The van der Waals surface area contributed by atoms with Crippen LogP contribution in [-0.4, -0.2) is 35.4 Å². The van der Waals surface area contributed by atoms with Crippen molar-refractivity contribution in [3.05, 3.63) is 64.9 Å². The fourth-order valence-corrected chi connectivity index (χ4v) is 3.39. The van der Waals surface area contributed by atoms with E-state index < -0.39 is 0 Å². The summed E-state index contributed by atoms with van der Waals surface area (Å²) in [5.74, 6) is 0.665. The number of pyridine rings is 1. The molecular weight excluding hydrogens is 334 g/mol. The van der Waals surface area contributed by atoms with Gasteiger partial charge in [-0.3, -0.25) is 9.69 Å². The second-order valence-corrected chi connectivity index (χ2v) is 7.11. The number of halogens is 1. The highest BCUT2D eigenvalue weighted by molar-refractivity contribution is 6.29. The smallest absolute Gasteiger partial charge is 0.252 e. The Bertz CT molecular complexity index is 682. The van der Waals surface area contributed by atoms with Crippen LogP contribution in [0.15, 0.2) is 48.7 Å². The molecule has 1 aliphatic heterocycles. The van der Waals surface area contributed by atoms with Crippen molar-refractivity contribution >= 4 is 17.5 Å². The maximum absolute atomic E-state index is 12.4. The Labute approximate surface area is 154 Å². The molecule has 2 heterocycles. The minimum absolute atomic E-state index is 0.115. The first-order chi connectivity index (χ1) is 12.1. The number of likely N-dealkylation sites (tertiary alicyclic amines) is 1. The van der Waals surface area contributed by atoms with Crippen molar-refractivity contribution in [1.29, 1.82) is 0 Å². The highest BCUT2D eigenvalue weighted by atomic mass is 35.5. The van der Waals surface area contributed by atoms with Crippen LogP contribution in [0, 0.1) is 5.92 Å². The molecule has 1 aromatic heterocycles. The summed E-state index contributed by atoms with van der Waals surface area (Å²) in [5, 5.41) is 3.45. The number of hydrogen-bond donors (Lipinski definition) is 1. The molecule has 1 saturated heterocycles. The Balaban J connectivity index is 1.69. The van der Waals surface area contributed by atoms with Gasteiger partial charge in [-0.2, -0.15) is 0 Å². The molecule has 0 bridgehead atoms. The van der Waals surface area contributed by atoms with Crippen molar-refractivity contribution in [2.45, 2.75) is 25.8 Å². The van der Waals surface area contributed by atoms with Crippen molar-refractivity contribution in [2.75, 3.05) is 19.6 Å². The number of nitrogens with zero attached hydrogens (tertiary/aromatic N) is 2. The number of carbonyl (C=O) groups is 1. The summed E-state index contributed by atoms with van der Waals surface area (Å²) in [6.45, 7) is 5.03. The third-order valence-electron chi connectivity index (χ3n) is 4.89. The summed E-state index contributed by atoms with van der Waals surface area (Å²) in [4.78, 5) is 18.9. The summed E-state index contributed by atoms with van der Waals surface area (Å²) < 4.78 is 0. The molecule has 0 radical (unpaired) electrons. The second-order valence-electron chi connectivity index (χ2n) is 6.72. The average Bonchev–Trinajstić information content (AvgIpc) is 2.64. The van der Waals surface area contributed by atoms with Crippen LogP contribution in [0.2, 0.25) is 5.15 Å². The molecule has 2 aromatic rings. The predicted octanol–water partition coefficient (Wildman–Crippen LogP) is 3.94. The molecule has 5 heteroatoms. The van der Waals surface area contributed by atoms with E-state index >= 15 is 0 Å². The van der Waals surface area contributed by atoms with Crippen LogP contribution in [0.3, 0.4) is 0 Å². The van der Waals surface area contributed by atoms with E-state index in [0.29, 0.717) is 17.3 Å². The number of carbonyl (C=O) groups excluding carboxylic acids is 1. The summed E-state index contributed by atoms with van der Waals surface area (Å²) >= 11 is 5.79. The quantitative estimate of drug-likeness (QED) is 0.824. The van der Waals surface area contributed by atoms with Gasteiger partial charge < -0.3 is 5.32 Å². The van der Waals surface area contributed by atoms with Gasteiger partial charge in [-0.05, 0) is 49.5 Å². The van der Waals surface area contributed by atoms with E-state index in [1.54, 1.807) is 12.1 Å². The molecule has 25 heavy (non-hydrogen) atoms. The molecule has 1 fully saturated rings. The van der Waals surface area contributed by atoms with Crippen molar-refractivity contribution in [1.82, 2.24) is 15.2 Å². The van der Waals surface area contributed by atoms with Crippen LogP contribution in [0.25, 0.3) is 0 Å². The van der Waals surface area contributed by atoms with Gasteiger partial charge >= 0.3 is 0 Å². The highest BCUT2D eigenvalue weighted by Gasteiger charge is 2.25. The van der Waals surface area contributed by atoms with Gasteiger partial charge in [0.2, 0.25) is 0 Å². The summed E-state index contributed by atoms with van der Waals surface area (Å²) in [5.41, 5.74) is 1.77. The molecule has 0 aliphatic carbocycles. The van der Waals surface area contributed by atoms with Crippen molar-refractivity contribution < 1.29 is 4.79 Å². The largest absolute Gasteiger partial charge is 0.350 e. The van der Waals surface area contributed by atoms with E-state index in [1.165, 1.54) is 24.6 Å². The number of nitrogens with one attached hydrogen (secondary N) is 1. The van der Waals surface area contributed by atoms with E-state index in [9.17, 15) is 4.79 Å². The number of rotatable bonds is 5. The fraction of sp³-hybridized carbons (Fsp3) is 0.400. The van der Waals surface area contributed by atoms with Gasteiger partial charge in [0.25, 0.3) is 5.91 Å². The molecule has 1 aliphatic rings. The first kappa shape index (κ1) is 17.9. The lowest BCUT2D eigenvalue weighted by molar-refractivity contribution is 0.0912. The zero-order valence-corrected chi connectivity index (χ0v) is 15.2. The van der Waals surface area contributed by atoms with Crippen LogP contribution >= 0.6 is 11.6 Å². The minimum atomic E-state index is -0.115. The van der Waals surface area contributed by atoms with Gasteiger partial charge in [0.15, 0.2) is 0 Å². The average molecular weight is 358 g/mol. The van der Waals surface area contributed by atoms with Gasteiger partial charge in [0.1, 0.15) is 5.15 Å². The normalized spacial score (nSPS) is 17.2. The van der Waals surface area contributed by atoms with Crippen LogP contribution in [0.5, 0.6) is 0 Å². The minimum Gasteiger partial charge on any atom is -0.350 e. The first-order valence-corrected chi connectivity index (χ1v) is 9.20. The van der Waals surface area contributed by atoms with Gasteiger partial charge in [0.05, 0.1) is 11.6 Å². The molecule has 1 unspecified atom stereocenters. The Hall–Kier alpha value is -1.91. The van der Waals surface area contributed by atoms with Crippen LogP contribution in [0.1, 0.15) is 41.7 Å². The number of piperidine rings is 1. The van der Waals surface area contributed by atoms with Gasteiger partial charge in [0, 0.05) is 12.7 Å². The van der Waals surface area contributed by atoms with Crippen molar-refractivity contribution in [2.24, 2.45) is 5.92 Å². The highest BCUT2D eigenvalue weighted by Crippen LogP contribution is 2.26. The van der Waals surface area contributed by atoms with Crippen LogP contribution in [-0.2, 0) is 0 Å². The third-order valence-corrected chi connectivity index (χ3v) is 5.11. The third kappa shape index (κ3) is 4.80. The first-order valence-electron chi connectivity index (χ1n) is 8.82. The van der Waals surface area contributed by atoms with E-state index in [-0.39, 0.29) is 11.9 Å². The number of hydrogen-bond acceptors (Lipinski definition) is 3. The number of benzene rings is 1. The second kappa shape index (κ2) is 8.45. The Morgan fingerprint density at radius 1 is 1.24 bits per heavy atom. The lowest BCUT2D eigenvalue weighted by atomic mass is 9.95. The standard InChI is InChI=1S/C20H24ClN3O/c1-15-9-11-24(12-10-15)18(16-5-3-2-4-6-16)14-23-20(25)17-7-8-19(21)22-13-17/h2-8,13,15,18H,9-12,14H2,1H3,(H,23,25). The maximum atomic E-state index is 12.4. The maximum Gasteiger partial charge on any atom is 0.252 e. The lowest BCUT2D eigenvalue weighted by Gasteiger charge is -2.37. The van der Waals surface area contributed by atoms with Crippen LogP contribution < -0.4 is 5.32 Å². The topological polar surface area (TPSA) is 45.2 Å². The van der Waals surface area contributed by atoms with Crippen molar-refractivity contribution in [3.8, 4) is 0 Å². The molecule has 0 saturated carbocycles. The Kier molecular flexibility index (Phi) is 6.05. The molecule has 1 N–H and O–H groups in total. The van der Waals surface area contributed by atoms with E-state index in [0.717, 1.165) is 19.0 Å². The Morgan fingerprint density at radius 2 is 1.96 bits per heavy atom. The van der Waals surface area contributed by atoms with Crippen LogP contribution in [0.4, 0.5) is 0 Å². The molecule has 0 spiro atoms. The molecule has 3 rings (SSSR count). The molecule has 1 atom stereocenters. The zero-order chi connectivity index (χ0) is 17.6. The molecule has 132 valence electrons. The zero-order valence-electron chi connectivity index (χ0n) is 14.5. The molecule has 4 nitrogen and oxygen atoms in total. The lowest BCUT2D eigenvalue weighted by Crippen LogP contribution is -2.42. The number of aromatic nitrogens is 1. The molecule has 1 aromatic carbocycles. The fourth-order valence-electron chi connectivity index (χ4n) is 3.27. The van der Waals surface area contributed by atoms with E-state index in [1.807, 2.05) is 6.07 Å². The van der Waals surface area contributed by atoms with E-state index in [2.05, 4.69) is 46.4 Å². The van der Waals surface area contributed by atoms with E-state index in [4.69, 9.17) is 11.6 Å². The van der Waals surface area contributed by atoms with Crippen molar-refractivity contribution in [3.63, 3.8) is 0 Å². The Morgan fingerprint density at radius 3 is 2.60 bits per heavy atom. The van der Waals surface area contributed by atoms with Gasteiger partial charge in [-0.25, -0.2) is 4.98 Å².